The summed E-state index contributed by atoms with van der Waals surface area (Å²) in [5.74, 6) is -0.124. The minimum atomic E-state index is -0.230. The fourth-order valence-corrected chi connectivity index (χ4v) is 2.13. The highest BCUT2D eigenvalue weighted by Crippen LogP contribution is 2.27. The standard InChI is InChI=1S/C16H18FNO2/c1-11(15-6-5-14(19)10-16(15)20)18-8-7-12-3-2-4-13(17)9-12/h2-6,9-11,18-20H,7-8H2,1H3. The van der Waals surface area contributed by atoms with Crippen LogP contribution < -0.4 is 5.32 Å². The molecule has 3 nitrogen and oxygen atoms in total. The van der Waals surface area contributed by atoms with Gasteiger partial charge in [-0.2, -0.15) is 0 Å². The van der Waals surface area contributed by atoms with Crippen molar-refractivity contribution < 1.29 is 14.6 Å². The molecule has 0 fully saturated rings. The fourth-order valence-electron chi connectivity index (χ4n) is 2.13. The number of halogens is 1. The minimum absolute atomic E-state index is 0.0400. The van der Waals surface area contributed by atoms with Crippen LogP contribution in [0, 0.1) is 5.82 Å². The summed E-state index contributed by atoms with van der Waals surface area (Å²) in [5.41, 5.74) is 1.65. The van der Waals surface area contributed by atoms with Crippen molar-refractivity contribution in [1.82, 2.24) is 5.32 Å². The summed E-state index contributed by atoms with van der Waals surface area (Å²) in [6.07, 6.45) is 0.709. The van der Waals surface area contributed by atoms with E-state index in [1.807, 2.05) is 13.0 Å². The van der Waals surface area contributed by atoms with E-state index in [2.05, 4.69) is 5.32 Å². The maximum Gasteiger partial charge on any atom is 0.124 e. The zero-order valence-corrected chi connectivity index (χ0v) is 11.3. The van der Waals surface area contributed by atoms with Crippen LogP contribution in [0.15, 0.2) is 42.5 Å². The van der Waals surface area contributed by atoms with E-state index < -0.39 is 0 Å². The van der Waals surface area contributed by atoms with Crippen molar-refractivity contribution in [3.8, 4) is 11.5 Å². The second kappa shape index (κ2) is 6.39. The van der Waals surface area contributed by atoms with E-state index in [-0.39, 0.29) is 23.4 Å². The summed E-state index contributed by atoms with van der Waals surface area (Å²) < 4.78 is 13.0. The molecule has 20 heavy (non-hydrogen) atoms. The first-order valence-electron chi connectivity index (χ1n) is 6.56. The second-order valence-electron chi connectivity index (χ2n) is 4.80. The Balaban J connectivity index is 1.90. The molecule has 1 atom stereocenters. The second-order valence-corrected chi connectivity index (χ2v) is 4.80. The molecular weight excluding hydrogens is 257 g/mol. The number of hydrogen-bond acceptors (Lipinski definition) is 3. The Morgan fingerprint density at radius 2 is 1.95 bits per heavy atom. The lowest BCUT2D eigenvalue weighted by molar-refractivity contribution is 0.436. The van der Waals surface area contributed by atoms with E-state index in [9.17, 15) is 14.6 Å². The van der Waals surface area contributed by atoms with E-state index in [0.717, 1.165) is 11.1 Å². The molecule has 0 saturated carbocycles. The third-order valence-corrected chi connectivity index (χ3v) is 3.23. The van der Waals surface area contributed by atoms with Gasteiger partial charge in [0.1, 0.15) is 17.3 Å². The average molecular weight is 275 g/mol. The highest BCUT2D eigenvalue weighted by atomic mass is 19.1. The monoisotopic (exact) mass is 275 g/mol. The van der Waals surface area contributed by atoms with Crippen molar-refractivity contribution in [3.05, 3.63) is 59.4 Å². The summed E-state index contributed by atoms with van der Waals surface area (Å²) in [6, 6.07) is 11.0. The first-order valence-corrected chi connectivity index (χ1v) is 6.56. The van der Waals surface area contributed by atoms with E-state index in [0.29, 0.717) is 13.0 Å². The molecule has 0 amide bonds. The largest absolute Gasteiger partial charge is 0.508 e. The van der Waals surface area contributed by atoms with E-state index in [4.69, 9.17) is 0 Å². The van der Waals surface area contributed by atoms with Crippen molar-refractivity contribution in [2.75, 3.05) is 6.54 Å². The number of phenols is 2. The molecule has 0 aromatic heterocycles. The van der Waals surface area contributed by atoms with Gasteiger partial charge in [0.2, 0.25) is 0 Å². The predicted octanol–water partition coefficient (Wildman–Crippen LogP) is 3.13. The van der Waals surface area contributed by atoms with Crippen molar-refractivity contribution in [2.45, 2.75) is 19.4 Å². The first-order chi connectivity index (χ1) is 9.56. The zero-order valence-electron chi connectivity index (χ0n) is 11.3. The molecule has 0 spiro atoms. The maximum atomic E-state index is 13.0. The molecule has 2 aromatic carbocycles. The maximum absolute atomic E-state index is 13.0. The van der Waals surface area contributed by atoms with Crippen molar-refractivity contribution >= 4 is 0 Å². The molecule has 0 aliphatic rings. The average Bonchev–Trinajstić information content (AvgIpc) is 2.38. The van der Waals surface area contributed by atoms with Gasteiger partial charge in [-0.25, -0.2) is 4.39 Å². The Hall–Kier alpha value is -2.07. The van der Waals surface area contributed by atoms with E-state index in [1.165, 1.54) is 18.2 Å². The molecule has 2 aromatic rings. The van der Waals surface area contributed by atoms with E-state index >= 15 is 0 Å². The van der Waals surface area contributed by atoms with Crippen LogP contribution in [0.3, 0.4) is 0 Å². The highest BCUT2D eigenvalue weighted by molar-refractivity contribution is 5.40. The topological polar surface area (TPSA) is 52.5 Å². The van der Waals surface area contributed by atoms with Crippen LogP contribution >= 0.6 is 0 Å². The molecule has 0 saturated heterocycles. The van der Waals surface area contributed by atoms with Crippen LogP contribution in [0.1, 0.15) is 24.1 Å². The van der Waals surface area contributed by atoms with Crippen LogP contribution in [0.25, 0.3) is 0 Å². The van der Waals surface area contributed by atoms with Gasteiger partial charge < -0.3 is 15.5 Å². The Bertz CT molecular complexity index is 586. The van der Waals surface area contributed by atoms with E-state index in [1.54, 1.807) is 18.2 Å². The van der Waals surface area contributed by atoms with Gasteiger partial charge in [0.05, 0.1) is 0 Å². The summed E-state index contributed by atoms with van der Waals surface area (Å²) in [6.45, 7) is 2.60. The number of hydrogen-bond donors (Lipinski definition) is 3. The molecular formula is C16H18FNO2. The predicted molar refractivity (Wildman–Crippen MR) is 76.3 cm³/mol. The highest BCUT2D eigenvalue weighted by Gasteiger charge is 2.10. The van der Waals surface area contributed by atoms with Gasteiger partial charge in [-0.05, 0) is 43.7 Å². The normalized spacial score (nSPS) is 12.3. The summed E-state index contributed by atoms with van der Waals surface area (Å²) >= 11 is 0. The summed E-state index contributed by atoms with van der Waals surface area (Å²) in [7, 11) is 0. The number of aromatic hydroxyl groups is 2. The van der Waals surface area contributed by atoms with Gasteiger partial charge in [0.15, 0.2) is 0 Å². The van der Waals surface area contributed by atoms with Gasteiger partial charge in [-0.15, -0.1) is 0 Å². The molecule has 0 heterocycles. The van der Waals surface area contributed by atoms with Crippen molar-refractivity contribution in [1.29, 1.82) is 0 Å². The van der Waals surface area contributed by atoms with Gasteiger partial charge in [-0.1, -0.05) is 18.2 Å². The molecule has 106 valence electrons. The van der Waals surface area contributed by atoms with Crippen molar-refractivity contribution in [2.24, 2.45) is 0 Å². The minimum Gasteiger partial charge on any atom is -0.508 e. The number of phenolic OH excluding ortho intramolecular Hbond substituents is 2. The Morgan fingerprint density at radius 3 is 2.65 bits per heavy atom. The van der Waals surface area contributed by atoms with Gasteiger partial charge in [-0.3, -0.25) is 0 Å². The van der Waals surface area contributed by atoms with Gasteiger partial charge in [0, 0.05) is 17.7 Å². The smallest absolute Gasteiger partial charge is 0.124 e. The lowest BCUT2D eigenvalue weighted by Gasteiger charge is -2.15. The number of benzene rings is 2. The molecule has 0 bridgehead atoms. The fraction of sp³-hybridized carbons (Fsp3) is 0.250. The molecule has 4 heteroatoms. The molecule has 3 N–H and O–H groups in total. The number of rotatable bonds is 5. The van der Waals surface area contributed by atoms with Crippen molar-refractivity contribution in [3.63, 3.8) is 0 Å². The lowest BCUT2D eigenvalue weighted by Crippen LogP contribution is -2.21. The van der Waals surface area contributed by atoms with Crippen LogP contribution in [0.4, 0.5) is 4.39 Å². The first kappa shape index (κ1) is 14.3. The third-order valence-electron chi connectivity index (χ3n) is 3.23. The molecule has 0 radical (unpaired) electrons. The lowest BCUT2D eigenvalue weighted by atomic mass is 10.1. The molecule has 0 aliphatic carbocycles. The van der Waals surface area contributed by atoms with Crippen LogP contribution in [0.5, 0.6) is 11.5 Å². The SMILES string of the molecule is CC(NCCc1cccc(F)c1)c1ccc(O)cc1O. The van der Waals surface area contributed by atoms with Crippen LogP contribution in [0.2, 0.25) is 0 Å². The summed E-state index contributed by atoms with van der Waals surface area (Å²) in [4.78, 5) is 0. The zero-order chi connectivity index (χ0) is 14.5. The Labute approximate surface area is 117 Å². The Morgan fingerprint density at radius 1 is 1.15 bits per heavy atom. The summed E-state index contributed by atoms with van der Waals surface area (Å²) in [5, 5.41) is 22.3. The Kier molecular flexibility index (Phi) is 4.58. The van der Waals surface area contributed by atoms with Crippen LogP contribution in [-0.2, 0) is 6.42 Å². The molecule has 2 rings (SSSR count). The molecule has 1 unspecified atom stereocenters. The van der Waals surface area contributed by atoms with Crippen LogP contribution in [-0.4, -0.2) is 16.8 Å². The number of nitrogens with one attached hydrogen (secondary N) is 1. The molecule has 0 aliphatic heterocycles. The third kappa shape index (κ3) is 3.71. The quantitative estimate of drug-likeness (QED) is 0.785. The van der Waals surface area contributed by atoms with Gasteiger partial charge >= 0.3 is 0 Å². The van der Waals surface area contributed by atoms with Gasteiger partial charge in [0.25, 0.3) is 0 Å².